The van der Waals surface area contributed by atoms with Crippen LogP contribution in [0.25, 0.3) is 0 Å². The lowest BCUT2D eigenvalue weighted by Crippen LogP contribution is -2.09. The van der Waals surface area contributed by atoms with Gasteiger partial charge in [0.25, 0.3) is 0 Å². The molecule has 1 aromatic carbocycles. The molecule has 0 heterocycles. The highest BCUT2D eigenvalue weighted by molar-refractivity contribution is 5.27. The SMILES string of the molecule is CO[C@H](CCN)c1cccc(CC=C2CCCCC2)c1. The minimum absolute atomic E-state index is 0.127. The topological polar surface area (TPSA) is 35.2 Å². The normalized spacial score (nSPS) is 17.0. The zero-order valence-electron chi connectivity index (χ0n) is 12.6. The molecule has 20 heavy (non-hydrogen) atoms. The maximum atomic E-state index is 5.65. The summed E-state index contributed by atoms with van der Waals surface area (Å²) in [6.07, 6.45) is 11.2. The lowest BCUT2D eigenvalue weighted by atomic mass is 9.93. The summed E-state index contributed by atoms with van der Waals surface area (Å²) in [5, 5.41) is 0. The van der Waals surface area contributed by atoms with Crippen LogP contribution in [0, 0.1) is 0 Å². The molecule has 1 aromatic rings. The van der Waals surface area contributed by atoms with Crippen molar-refractivity contribution in [3.8, 4) is 0 Å². The minimum Gasteiger partial charge on any atom is -0.377 e. The second-order valence-corrected chi connectivity index (χ2v) is 5.67. The number of hydrogen-bond donors (Lipinski definition) is 1. The Bertz CT molecular complexity index is 431. The van der Waals surface area contributed by atoms with Crippen molar-refractivity contribution < 1.29 is 4.74 Å². The van der Waals surface area contributed by atoms with Crippen LogP contribution >= 0.6 is 0 Å². The van der Waals surface area contributed by atoms with E-state index < -0.39 is 0 Å². The fourth-order valence-electron chi connectivity index (χ4n) is 2.96. The van der Waals surface area contributed by atoms with Gasteiger partial charge in [-0.3, -0.25) is 0 Å². The van der Waals surface area contributed by atoms with Gasteiger partial charge < -0.3 is 10.5 Å². The van der Waals surface area contributed by atoms with Crippen molar-refractivity contribution in [1.82, 2.24) is 0 Å². The van der Waals surface area contributed by atoms with E-state index in [1.165, 1.54) is 43.2 Å². The molecule has 2 rings (SSSR count). The van der Waals surface area contributed by atoms with Crippen molar-refractivity contribution in [1.29, 1.82) is 0 Å². The number of benzene rings is 1. The highest BCUT2D eigenvalue weighted by Crippen LogP contribution is 2.24. The predicted molar refractivity (Wildman–Crippen MR) is 84.7 cm³/mol. The summed E-state index contributed by atoms with van der Waals surface area (Å²) in [6.45, 7) is 0.660. The minimum atomic E-state index is 0.127. The van der Waals surface area contributed by atoms with E-state index in [0.717, 1.165) is 12.8 Å². The summed E-state index contributed by atoms with van der Waals surface area (Å²) < 4.78 is 5.53. The zero-order valence-corrected chi connectivity index (χ0v) is 12.6. The van der Waals surface area contributed by atoms with E-state index in [4.69, 9.17) is 10.5 Å². The van der Waals surface area contributed by atoms with Gasteiger partial charge in [-0.2, -0.15) is 0 Å². The lowest BCUT2D eigenvalue weighted by Gasteiger charge is -2.16. The third-order valence-electron chi connectivity index (χ3n) is 4.16. The summed E-state index contributed by atoms with van der Waals surface area (Å²) in [5.41, 5.74) is 9.91. The van der Waals surface area contributed by atoms with Gasteiger partial charge in [0.1, 0.15) is 0 Å². The summed E-state index contributed by atoms with van der Waals surface area (Å²) in [4.78, 5) is 0. The van der Waals surface area contributed by atoms with Gasteiger partial charge in [-0.05, 0) is 56.2 Å². The van der Waals surface area contributed by atoms with Crippen molar-refractivity contribution in [3.05, 3.63) is 47.0 Å². The van der Waals surface area contributed by atoms with E-state index in [9.17, 15) is 0 Å². The highest BCUT2D eigenvalue weighted by atomic mass is 16.5. The van der Waals surface area contributed by atoms with Crippen LogP contribution in [-0.2, 0) is 11.2 Å². The van der Waals surface area contributed by atoms with E-state index in [-0.39, 0.29) is 6.10 Å². The van der Waals surface area contributed by atoms with Crippen LogP contribution in [0.1, 0.15) is 55.8 Å². The molecule has 0 unspecified atom stereocenters. The molecule has 1 aliphatic carbocycles. The Kier molecular flexibility index (Phi) is 6.28. The van der Waals surface area contributed by atoms with Crippen molar-refractivity contribution >= 4 is 0 Å². The first kappa shape index (κ1) is 15.3. The monoisotopic (exact) mass is 273 g/mol. The van der Waals surface area contributed by atoms with Crippen LogP contribution in [0.2, 0.25) is 0 Å². The Hall–Kier alpha value is -1.12. The second kappa shape index (κ2) is 8.23. The number of allylic oxidation sites excluding steroid dienone is 2. The number of nitrogens with two attached hydrogens (primary N) is 1. The summed E-state index contributed by atoms with van der Waals surface area (Å²) in [7, 11) is 1.76. The van der Waals surface area contributed by atoms with Crippen LogP contribution in [0.15, 0.2) is 35.9 Å². The van der Waals surface area contributed by atoms with E-state index in [2.05, 4.69) is 30.3 Å². The maximum absolute atomic E-state index is 5.65. The van der Waals surface area contributed by atoms with Crippen LogP contribution in [-0.4, -0.2) is 13.7 Å². The molecule has 0 bridgehead atoms. The Morgan fingerprint density at radius 3 is 2.75 bits per heavy atom. The Morgan fingerprint density at radius 1 is 1.25 bits per heavy atom. The molecule has 0 aliphatic heterocycles. The molecule has 2 nitrogen and oxygen atoms in total. The van der Waals surface area contributed by atoms with Crippen LogP contribution in [0.5, 0.6) is 0 Å². The quantitative estimate of drug-likeness (QED) is 0.790. The van der Waals surface area contributed by atoms with Crippen LogP contribution in [0.4, 0.5) is 0 Å². The van der Waals surface area contributed by atoms with Gasteiger partial charge >= 0.3 is 0 Å². The van der Waals surface area contributed by atoms with E-state index in [0.29, 0.717) is 6.54 Å². The fourth-order valence-corrected chi connectivity index (χ4v) is 2.96. The predicted octanol–water partition coefficient (Wildman–Crippen LogP) is 4.16. The van der Waals surface area contributed by atoms with Gasteiger partial charge in [0, 0.05) is 7.11 Å². The number of ether oxygens (including phenoxy) is 1. The van der Waals surface area contributed by atoms with E-state index in [1.54, 1.807) is 12.7 Å². The first-order chi connectivity index (χ1) is 9.83. The average molecular weight is 273 g/mol. The smallest absolute Gasteiger partial charge is 0.0833 e. The summed E-state index contributed by atoms with van der Waals surface area (Å²) in [6, 6.07) is 8.75. The number of methoxy groups -OCH3 is 1. The van der Waals surface area contributed by atoms with Crippen molar-refractivity contribution in [3.63, 3.8) is 0 Å². The largest absolute Gasteiger partial charge is 0.377 e. The Morgan fingerprint density at radius 2 is 2.05 bits per heavy atom. The van der Waals surface area contributed by atoms with Crippen molar-refractivity contribution in [2.75, 3.05) is 13.7 Å². The Balaban J connectivity index is 2.01. The molecule has 2 heteroatoms. The lowest BCUT2D eigenvalue weighted by molar-refractivity contribution is 0.0977. The number of rotatable bonds is 6. The first-order valence-electron chi connectivity index (χ1n) is 7.83. The molecule has 110 valence electrons. The van der Waals surface area contributed by atoms with Crippen LogP contribution in [0.3, 0.4) is 0 Å². The third kappa shape index (κ3) is 4.46. The molecule has 0 aromatic heterocycles. The van der Waals surface area contributed by atoms with Gasteiger partial charge in [-0.15, -0.1) is 0 Å². The third-order valence-corrected chi connectivity index (χ3v) is 4.16. The standard InChI is InChI=1S/C18H27NO/c1-20-18(12-13-19)17-9-5-8-16(14-17)11-10-15-6-3-2-4-7-15/h5,8-10,14,18H,2-4,6-7,11-13,19H2,1H3/t18-/m1/s1. The van der Waals surface area contributed by atoms with E-state index >= 15 is 0 Å². The molecular weight excluding hydrogens is 246 g/mol. The summed E-state index contributed by atoms with van der Waals surface area (Å²) >= 11 is 0. The Labute approximate surface area is 123 Å². The van der Waals surface area contributed by atoms with E-state index in [1.807, 2.05) is 0 Å². The molecule has 1 saturated carbocycles. The van der Waals surface area contributed by atoms with Gasteiger partial charge in [0.05, 0.1) is 6.10 Å². The molecule has 0 spiro atoms. The molecule has 0 amide bonds. The summed E-state index contributed by atoms with van der Waals surface area (Å²) in [5.74, 6) is 0. The first-order valence-corrected chi connectivity index (χ1v) is 7.83. The maximum Gasteiger partial charge on any atom is 0.0833 e. The van der Waals surface area contributed by atoms with Crippen molar-refractivity contribution in [2.45, 2.75) is 51.0 Å². The van der Waals surface area contributed by atoms with Crippen molar-refractivity contribution in [2.24, 2.45) is 5.73 Å². The molecule has 1 atom stereocenters. The van der Waals surface area contributed by atoms with Gasteiger partial charge in [0.2, 0.25) is 0 Å². The molecule has 0 radical (unpaired) electrons. The van der Waals surface area contributed by atoms with Gasteiger partial charge in [-0.1, -0.05) is 42.3 Å². The molecule has 0 saturated heterocycles. The zero-order chi connectivity index (χ0) is 14.2. The highest BCUT2D eigenvalue weighted by Gasteiger charge is 2.10. The number of hydrogen-bond acceptors (Lipinski definition) is 2. The second-order valence-electron chi connectivity index (χ2n) is 5.67. The average Bonchev–Trinajstić information content (AvgIpc) is 2.52. The molecule has 2 N–H and O–H groups in total. The van der Waals surface area contributed by atoms with Crippen LogP contribution < -0.4 is 5.73 Å². The fraction of sp³-hybridized carbons (Fsp3) is 0.556. The van der Waals surface area contributed by atoms with Gasteiger partial charge in [-0.25, -0.2) is 0 Å². The molecule has 1 fully saturated rings. The molecule has 1 aliphatic rings. The molecular formula is C18H27NO. The van der Waals surface area contributed by atoms with Gasteiger partial charge in [0.15, 0.2) is 0 Å².